The Hall–Kier alpha value is -4.11. The van der Waals surface area contributed by atoms with Crippen LogP contribution in [0, 0.1) is 0 Å². The Labute approximate surface area is 185 Å². The van der Waals surface area contributed by atoms with Gasteiger partial charge >= 0.3 is 0 Å². The third-order valence-corrected chi connectivity index (χ3v) is 5.99. The first kappa shape index (κ1) is 21.1. The minimum atomic E-state index is -3.75. The van der Waals surface area contributed by atoms with Gasteiger partial charge in [-0.1, -0.05) is 30.3 Å². The van der Waals surface area contributed by atoms with Crippen molar-refractivity contribution in [1.29, 1.82) is 0 Å². The van der Waals surface area contributed by atoms with Gasteiger partial charge in [-0.25, -0.2) is 13.1 Å². The number of nitrogens with zero attached hydrogens (tertiary/aromatic N) is 2. The molecule has 4 aromatic rings. The Kier molecular flexibility index (Phi) is 5.91. The second-order valence-corrected chi connectivity index (χ2v) is 8.51. The number of rotatable bonds is 7. The molecule has 0 aliphatic heterocycles. The maximum absolute atomic E-state index is 12.7. The molecule has 0 saturated heterocycles. The monoisotopic (exact) mass is 448 g/mol. The van der Waals surface area contributed by atoms with Crippen LogP contribution in [-0.4, -0.2) is 31.2 Å². The summed E-state index contributed by atoms with van der Waals surface area (Å²) in [6.45, 7) is 0. The van der Waals surface area contributed by atoms with E-state index in [1.54, 1.807) is 54.4 Å². The lowest BCUT2D eigenvalue weighted by Crippen LogP contribution is -2.15. The summed E-state index contributed by atoms with van der Waals surface area (Å²) < 4.78 is 34.4. The fraction of sp³-hybridized carbons (Fsp3) is 0.0435. The highest BCUT2D eigenvalue weighted by atomic mass is 32.2. The summed E-state index contributed by atoms with van der Waals surface area (Å²) in [5, 5.41) is 7.03. The molecule has 0 spiro atoms. The number of anilines is 2. The van der Waals surface area contributed by atoms with Crippen molar-refractivity contribution in [2.75, 3.05) is 17.1 Å². The van der Waals surface area contributed by atoms with Crippen molar-refractivity contribution in [3.63, 3.8) is 0 Å². The second-order valence-electron chi connectivity index (χ2n) is 6.83. The Morgan fingerprint density at radius 3 is 2.50 bits per heavy atom. The zero-order valence-electron chi connectivity index (χ0n) is 17.1. The normalized spacial score (nSPS) is 11.0. The number of amides is 1. The summed E-state index contributed by atoms with van der Waals surface area (Å²) in [4.78, 5) is 12.8. The van der Waals surface area contributed by atoms with Crippen LogP contribution in [0.2, 0.25) is 0 Å². The van der Waals surface area contributed by atoms with E-state index in [0.717, 1.165) is 5.69 Å². The Morgan fingerprint density at radius 1 is 0.938 bits per heavy atom. The van der Waals surface area contributed by atoms with Gasteiger partial charge in [0, 0.05) is 17.3 Å². The van der Waals surface area contributed by atoms with Crippen molar-refractivity contribution in [2.24, 2.45) is 0 Å². The number of benzene rings is 3. The quantitative estimate of drug-likeness (QED) is 0.446. The predicted octanol–water partition coefficient (Wildman–Crippen LogP) is 3.93. The van der Waals surface area contributed by atoms with E-state index in [1.807, 2.05) is 24.3 Å². The van der Waals surface area contributed by atoms with Crippen LogP contribution in [-0.2, 0) is 10.0 Å². The zero-order chi connectivity index (χ0) is 22.6. The van der Waals surface area contributed by atoms with Gasteiger partial charge in [0.05, 0.1) is 35.8 Å². The molecule has 1 aromatic heterocycles. The molecule has 0 aliphatic carbocycles. The highest BCUT2D eigenvalue weighted by Crippen LogP contribution is 2.20. The maximum Gasteiger partial charge on any atom is 0.261 e. The maximum atomic E-state index is 12.7. The molecule has 1 heterocycles. The predicted molar refractivity (Wildman–Crippen MR) is 122 cm³/mol. The van der Waals surface area contributed by atoms with Crippen LogP contribution in [0.25, 0.3) is 5.69 Å². The van der Waals surface area contributed by atoms with Crippen molar-refractivity contribution >= 4 is 27.3 Å². The highest BCUT2D eigenvalue weighted by molar-refractivity contribution is 7.92. The molecule has 2 N–H and O–H groups in total. The van der Waals surface area contributed by atoms with E-state index in [2.05, 4.69) is 15.1 Å². The third-order valence-electron chi connectivity index (χ3n) is 4.59. The van der Waals surface area contributed by atoms with E-state index in [9.17, 15) is 13.2 Å². The zero-order valence-corrected chi connectivity index (χ0v) is 17.9. The molecule has 0 atom stereocenters. The first-order chi connectivity index (χ1) is 15.4. The molecule has 0 aliphatic rings. The first-order valence-electron chi connectivity index (χ1n) is 9.63. The Balaban J connectivity index is 1.48. The van der Waals surface area contributed by atoms with E-state index in [0.29, 0.717) is 17.0 Å². The minimum Gasteiger partial charge on any atom is -0.497 e. The topological polar surface area (TPSA) is 102 Å². The molecule has 0 radical (unpaired) electrons. The molecule has 0 bridgehead atoms. The summed E-state index contributed by atoms with van der Waals surface area (Å²) in [7, 11) is -2.17. The van der Waals surface area contributed by atoms with Gasteiger partial charge in [0.2, 0.25) is 0 Å². The summed E-state index contributed by atoms with van der Waals surface area (Å²) in [5.74, 6) is 0.300. The second kappa shape index (κ2) is 8.94. The largest absolute Gasteiger partial charge is 0.497 e. The van der Waals surface area contributed by atoms with Crippen molar-refractivity contribution in [3.8, 4) is 11.4 Å². The smallest absolute Gasteiger partial charge is 0.261 e. The molecular formula is C23H20N4O4S. The van der Waals surface area contributed by atoms with Crippen LogP contribution >= 0.6 is 0 Å². The summed E-state index contributed by atoms with van der Waals surface area (Å²) in [5.41, 5.74) is 1.86. The minimum absolute atomic E-state index is 0.139. The van der Waals surface area contributed by atoms with Crippen molar-refractivity contribution in [3.05, 3.63) is 96.8 Å². The molecule has 0 fully saturated rings. The number of aromatic nitrogens is 2. The molecule has 0 saturated carbocycles. The van der Waals surface area contributed by atoms with Crippen molar-refractivity contribution < 1.29 is 17.9 Å². The fourth-order valence-corrected chi connectivity index (χ4v) is 4.09. The fourth-order valence-electron chi connectivity index (χ4n) is 3.02. The molecule has 1 amide bonds. The molecule has 9 heteroatoms. The average molecular weight is 449 g/mol. The SMILES string of the molecule is COc1cccc(-n2cc(NC(=O)c3cccc(NS(=O)(=O)c4ccccc4)c3)cn2)c1. The summed E-state index contributed by atoms with van der Waals surface area (Å²) in [6.07, 6.45) is 3.20. The number of nitrogens with one attached hydrogen (secondary N) is 2. The lowest BCUT2D eigenvalue weighted by atomic mass is 10.2. The van der Waals surface area contributed by atoms with Crippen LogP contribution in [0.3, 0.4) is 0 Å². The molecular weight excluding hydrogens is 428 g/mol. The average Bonchev–Trinajstić information content (AvgIpc) is 3.28. The van der Waals surface area contributed by atoms with Gasteiger partial charge in [0.25, 0.3) is 15.9 Å². The van der Waals surface area contributed by atoms with Crippen LogP contribution in [0.4, 0.5) is 11.4 Å². The Bertz CT molecular complexity index is 1350. The van der Waals surface area contributed by atoms with Crippen molar-refractivity contribution in [1.82, 2.24) is 9.78 Å². The number of carbonyl (C=O) groups is 1. The number of ether oxygens (including phenoxy) is 1. The van der Waals surface area contributed by atoms with Gasteiger partial charge in [-0.15, -0.1) is 0 Å². The summed E-state index contributed by atoms with van der Waals surface area (Å²) in [6, 6.07) is 21.6. The summed E-state index contributed by atoms with van der Waals surface area (Å²) >= 11 is 0. The van der Waals surface area contributed by atoms with Gasteiger partial charge < -0.3 is 10.1 Å². The molecule has 32 heavy (non-hydrogen) atoms. The van der Waals surface area contributed by atoms with Gasteiger partial charge in [0.1, 0.15) is 5.75 Å². The van der Waals surface area contributed by atoms with Crippen LogP contribution in [0.15, 0.2) is 96.2 Å². The van der Waals surface area contributed by atoms with E-state index in [-0.39, 0.29) is 10.6 Å². The lowest BCUT2D eigenvalue weighted by Gasteiger charge is -2.09. The number of hydrogen-bond donors (Lipinski definition) is 2. The van der Waals surface area contributed by atoms with Gasteiger partial charge in [0.15, 0.2) is 0 Å². The first-order valence-corrected chi connectivity index (χ1v) is 11.1. The van der Waals surface area contributed by atoms with Crippen LogP contribution in [0.5, 0.6) is 5.75 Å². The van der Waals surface area contributed by atoms with Gasteiger partial charge in [-0.05, 0) is 42.5 Å². The molecule has 8 nitrogen and oxygen atoms in total. The number of sulfonamides is 1. The van der Waals surface area contributed by atoms with E-state index in [1.165, 1.54) is 24.4 Å². The van der Waals surface area contributed by atoms with E-state index < -0.39 is 15.9 Å². The third kappa shape index (κ3) is 4.79. The molecule has 162 valence electrons. The van der Waals surface area contributed by atoms with Gasteiger partial charge in [-0.2, -0.15) is 5.10 Å². The Morgan fingerprint density at radius 2 is 1.72 bits per heavy atom. The van der Waals surface area contributed by atoms with E-state index >= 15 is 0 Å². The molecule has 3 aromatic carbocycles. The number of hydrogen-bond acceptors (Lipinski definition) is 5. The van der Waals surface area contributed by atoms with E-state index in [4.69, 9.17) is 4.74 Å². The standard InChI is InChI=1S/C23H20N4O4S/c1-31-21-10-6-9-20(14-21)27-16-19(15-24-27)25-23(28)17-7-5-8-18(13-17)26-32(29,30)22-11-3-2-4-12-22/h2-16,26H,1H3,(H,25,28). The molecule has 4 rings (SSSR count). The lowest BCUT2D eigenvalue weighted by molar-refractivity contribution is 0.102. The number of carbonyl (C=O) groups excluding carboxylic acids is 1. The molecule has 0 unspecified atom stereocenters. The van der Waals surface area contributed by atoms with Gasteiger partial charge in [-0.3, -0.25) is 9.52 Å². The number of methoxy groups -OCH3 is 1. The highest BCUT2D eigenvalue weighted by Gasteiger charge is 2.15. The van der Waals surface area contributed by atoms with Crippen molar-refractivity contribution in [2.45, 2.75) is 4.90 Å². The van der Waals surface area contributed by atoms with Crippen LogP contribution in [0.1, 0.15) is 10.4 Å². The van der Waals surface area contributed by atoms with Crippen LogP contribution < -0.4 is 14.8 Å².